The maximum absolute atomic E-state index is 12.5. The smallest absolute Gasteiger partial charge is 0.323 e. The van der Waals surface area contributed by atoms with Crippen LogP contribution in [-0.2, 0) is 18.4 Å². The van der Waals surface area contributed by atoms with E-state index < -0.39 is 5.54 Å². The van der Waals surface area contributed by atoms with E-state index in [4.69, 9.17) is 0 Å². The van der Waals surface area contributed by atoms with Gasteiger partial charge in [-0.05, 0) is 37.7 Å². The number of nitrogens with one attached hydrogen (secondary N) is 1. The molecule has 2 heterocycles. The average molecular weight is 290 g/mol. The molecule has 2 fully saturated rings. The molecule has 1 aromatic rings. The second-order valence-electron chi connectivity index (χ2n) is 6.31. The van der Waals surface area contributed by atoms with Crippen molar-refractivity contribution in [3.63, 3.8) is 0 Å². The van der Waals surface area contributed by atoms with Crippen molar-refractivity contribution in [2.75, 3.05) is 0 Å². The zero-order valence-corrected chi connectivity index (χ0v) is 12.8. The van der Waals surface area contributed by atoms with Gasteiger partial charge in [-0.25, -0.2) is 4.79 Å². The first-order valence-corrected chi connectivity index (χ1v) is 7.61. The molecular formula is C15H22N4O2. The largest absolute Gasteiger partial charge is 0.325 e. The molecule has 0 radical (unpaired) electrons. The number of carbonyl (C=O) groups excluding carboxylic acids is 2. The first-order chi connectivity index (χ1) is 9.96. The minimum Gasteiger partial charge on any atom is -0.323 e. The highest BCUT2D eigenvalue weighted by Crippen LogP contribution is 2.38. The van der Waals surface area contributed by atoms with Crippen LogP contribution in [-0.4, -0.2) is 32.2 Å². The minimum atomic E-state index is -0.772. The lowest BCUT2D eigenvalue weighted by Crippen LogP contribution is -2.43. The van der Waals surface area contributed by atoms with Crippen LogP contribution in [0.1, 0.15) is 56.7 Å². The normalized spacial score (nSPS) is 26.1. The van der Waals surface area contributed by atoms with Crippen LogP contribution < -0.4 is 5.32 Å². The summed E-state index contributed by atoms with van der Waals surface area (Å²) in [4.78, 5) is 25.9. The average Bonchev–Trinajstić information content (AvgIpc) is 2.83. The lowest BCUT2D eigenvalue weighted by molar-refractivity contribution is -0.131. The summed E-state index contributed by atoms with van der Waals surface area (Å²) in [7, 11) is 1.87. The number of aryl methyl sites for hydroxylation is 1. The molecule has 6 nitrogen and oxygen atoms in total. The third-order valence-corrected chi connectivity index (χ3v) is 5.00. The molecule has 3 amide bonds. The van der Waals surface area contributed by atoms with Crippen LogP contribution in [0.3, 0.4) is 0 Å². The van der Waals surface area contributed by atoms with Gasteiger partial charge in [0.2, 0.25) is 0 Å². The number of urea groups is 1. The highest BCUT2D eigenvalue weighted by atomic mass is 16.2. The molecule has 0 spiro atoms. The number of nitrogens with zero attached hydrogens (tertiary/aromatic N) is 3. The summed E-state index contributed by atoms with van der Waals surface area (Å²) in [6.45, 7) is 4.00. The van der Waals surface area contributed by atoms with Crippen molar-refractivity contribution in [3.8, 4) is 0 Å². The summed E-state index contributed by atoms with van der Waals surface area (Å²) in [6, 6.07) is -0.301. The Bertz CT molecular complexity index is 590. The lowest BCUT2D eigenvalue weighted by atomic mass is 9.80. The summed E-state index contributed by atoms with van der Waals surface area (Å²) in [5, 5.41) is 7.11. The maximum Gasteiger partial charge on any atom is 0.325 e. The van der Waals surface area contributed by atoms with Gasteiger partial charge < -0.3 is 5.32 Å². The zero-order chi connectivity index (χ0) is 15.2. The van der Waals surface area contributed by atoms with E-state index >= 15 is 0 Å². The van der Waals surface area contributed by atoms with Gasteiger partial charge in [-0.1, -0.05) is 13.3 Å². The Balaban J connectivity index is 1.85. The molecule has 1 atom stereocenters. The van der Waals surface area contributed by atoms with Gasteiger partial charge in [-0.2, -0.15) is 5.10 Å². The first kappa shape index (κ1) is 14.1. The predicted octanol–water partition coefficient (Wildman–Crippen LogP) is 1.91. The molecule has 1 saturated heterocycles. The summed E-state index contributed by atoms with van der Waals surface area (Å²) >= 11 is 0. The van der Waals surface area contributed by atoms with Crippen LogP contribution in [0.15, 0.2) is 6.20 Å². The van der Waals surface area contributed by atoms with Crippen molar-refractivity contribution < 1.29 is 9.59 Å². The van der Waals surface area contributed by atoms with E-state index in [0.29, 0.717) is 18.9 Å². The van der Waals surface area contributed by atoms with Gasteiger partial charge in [0.1, 0.15) is 5.54 Å². The highest BCUT2D eigenvalue weighted by molar-refractivity contribution is 6.06. The summed E-state index contributed by atoms with van der Waals surface area (Å²) in [6.07, 6.45) is 6.07. The van der Waals surface area contributed by atoms with Crippen molar-refractivity contribution in [1.82, 2.24) is 20.0 Å². The van der Waals surface area contributed by atoms with Crippen molar-refractivity contribution in [3.05, 3.63) is 17.5 Å². The van der Waals surface area contributed by atoms with Crippen molar-refractivity contribution in [2.24, 2.45) is 7.05 Å². The van der Waals surface area contributed by atoms with Crippen LogP contribution in [0.25, 0.3) is 0 Å². The molecule has 1 aliphatic heterocycles. The van der Waals surface area contributed by atoms with Gasteiger partial charge >= 0.3 is 6.03 Å². The molecular weight excluding hydrogens is 268 g/mol. The molecule has 1 N–H and O–H groups in total. The van der Waals surface area contributed by atoms with Gasteiger partial charge in [-0.15, -0.1) is 0 Å². The highest BCUT2D eigenvalue weighted by Gasteiger charge is 2.46. The van der Waals surface area contributed by atoms with E-state index in [-0.39, 0.29) is 11.9 Å². The van der Waals surface area contributed by atoms with E-state index in [1.165, 1.54) is 29.7 Å². The molecule has 3 rings (SSSR count). The molecule has 2 aliphatic rings. The second kappa shape index (κ2) is 4.86. The van der Waals surface area contributed by atoms with Crippen LogP contribution >= 0.6 is 0 Å². The number of carbonyl (C=O) groups is 2. The van der Waals surface area contributed by atoms with Crippen LogP contribution in [0.2, 0.25) is 0 Å². The Hall–Kier alpha value is -1.85. The predicted molar refractivity (Wildman–Crippen MR) is 77.6 cm³/mol. The quantitative estimate of drug-likeness (QED) is 0.861. The van der Waals surface area contributed by atoms with E-state index in [1.807, 2.05) is 20.2 Å². The molecule has 1 saturated carbocycles. The molecule has 1 aliphatic carbocycles. The van der Waals surface area contributed by atoms with Crippen molar-refractivity contribution in [1.29, 1.82) is 0 Å². The molecule has 0 bridgehead atoms. The monoisotopic (exact) mass is 290 g/mol. The van der Waals surface area contributed by atoms with Crippen LogP contribution in [0, 0.1) is 0 Å². The topological polar surface area (TPSA) is 67.2 Å². The van der Waals surface area contributed by atoms with E-state index in [9.17, 15) is 9.59 Å². The SMILES string of the molecule is CCC1(C)NC(=O)N(Cc2c(C3CCC3)cnn2C)C1=O. The van der Waals surface area contributed by atoms with Gasteiger partial charge in [-0.3, -0.25) is 14.4 Å². The summed E-state index contributed by atoms with van der Waals surface area (Å²) in [5.41, 5.74) is 1.39. The molecule has 0 aromatic carbocycles. The number of aromatic nitrogens is 2. The molecule has 114 valence electrons. The number of hydrogen-bond donors (Lipinski definition) is 1. The Morgan fingerprint density at radius 1 is 1.43 bits per heavy atom. The zero-order valence-electron chi connectivity index (χ0n) is 12.8. The maximum atomic E-state index is 12.5. The fourth-order valence-electron chi connectivity index (χ4n) is 3.01. The van der Waals surface area contributed by atoms with Crippen LogP contribution in [0.4, 0.5) is 4.79 Å². The standard InChI is InChI=1S/C15H22N4O2/c1-4-15(2)13(20)19(14(21)17-15)9-12-11(8-16-18(12)3)10-6-5-7-10/h8,10H,4-7,9H2,1-3H3,(H,17,21). The lowest BCUT2D eigenvalue weighted by Gasteiger charge is -2.26. The third-order valence-electron chi connectivity index (χ3n) is 5.00. The molecule has 1 unspecified atom stereocenters. The minimum absolute atomic E-state index is 0.143. The van der Waals surface area contributed by atoms with Gasteiger partial charge in [0.25, 0.3) is 5.91 Å². The van der Waals surface area contributed by atoms with Gasteiger partial charge in [0.15, 0.2) is 0 Å². The molecule has 21 heavy (non-hydrogen) atoms. The second-order valence-corrected chi connectivity index (χ2v) is 6.31. The van der Waals surface area contributed by atoms with Gasteiger partial charge in [0.05, 0.1) is 18.4 Å². The van der Waals surface area contributed by atoms with E-state index in [1.54, 1.807) is 11.6 Å². The Morgan fingerprint density at radius 3 is 2.67 bits per heavy atom. The fraction of sp³-hybridized carbons (Fsp3) is 0.667. The number of amides is 3. The van der Waals surface area contributed by atoms with E-state index in [0.717, 1.165) is 5.69 Å². The fourth-order valence-corrected chi connectivity index (χ4v) is 3.01. The first-order valence-electron chi connectivity index (χ1n) is 7.61. The van der Waals surface area contributed by atoms with Crippen molar-refractivity contribution in [2.45, 2.75) is 57.5 Å². The third kappa shape index (κ3) is 2.13. The number of rotatable bonds is 4. The van der Waals surface area contributed by atoms with Crippen molar-refractivity contribution >= 4 is 11.9 Å². The molecule has 6 heteroatoms. The Morgan fingerprint density at radius 2 is 2.14 bits per heavy atom. The van der Waals surface area contributed by atoms with Gasteiger partial charge in [0, 0.05) is 7.05 Å². The number of imide groups is 1. The molecule has 1 aromatic heterocycles. The Labute approximate surface area is 124 Å². The Kier molecular flexibility index (Phi) is 3.26. The van der Waals surface area contributed by atoms with Crippen LogP contribution in [0.5, 0.6) is 0 Å². The van der Waals surface area contributed by atoms with E-state index in [2.05, 4.69) is 10.4 Å². The summed E-state index contributed by atoms with van der Waals surface area (Å²) in [5.74, 6) is 0.391. The summed E-state index contributed by atoms with van der Waals surface area (Å²) < 4.78 is 1.79. The number of hydrogen-bond acceptors (Lipinski definition) is 3.